The van der Waals surface area contributed by atoms with Crippen molar-refractivity contribution in [1.82, 2.24) is 0 Å². The topological polar surface area (TPSA) is 95.2 Å². The van der Waals surface area contributed by atoms with Crippen LogP contribution >= 0.6 is 0 Å². The summed E-state index contributed by atoms with van der Waals surface area (Å²) in [5, 5.41) is 0.359. The normalized spacial score (nSPS) is 16.8. The van der Waals surface area contributed by atoms with Crippen LogP contribution in [0.1, 0.15) is 36.5 Å². The largest absolute Gasteiger partial charge is 0.468 e. The van der Waals surface area contributed by atoms with Gasteiger partial charge < -0.3 is 13.9 Å². The predicted octanol–water partition coefficient (Wildman–Crippen LogP) is 6.18. The van der Waals surface area contributed by atoms with Crippen LogP contribution in [0.25, 0.3) is 22.3 Å². The molecular weight excluding hydrogens is 518 g/mol. The lowest BCUT2D eigenvalue weighted by molar-refractivity contribution is -0.144. The fourth-order valence-corrected chi connectivity index (χ4v) is 5.50. The van der Waals surface area contributed by atoms with Gasteiger partial charge in [-0.25, -0.2) is 4.79 Å². The maximum Gasteiger partial charge on any atom is 0.336 e. The van der Waals surface area contributed by atoms with Crippen molar-refractivity contribution in [2.45, 2.75) is 33.1 Å². The summed E-state index contributed by atoms with van der Waals surface area (Å²) in [7, 11) is 1.30. The van der Waals surface area contributed by atoms with Gasteiger partial charge in [0.1, 0.15) is 17.3 Å². The summed E-state index contributed by atoms with van der Waals surface area (Å²) >= 11 is 0. The molecule has 0 N–H and O–H groups in total. The van der Waals surface area contributed by atoms with E-state index in [0.29, 0.717) is 45.7 Å². The molecule has 0 radical (unpaired) electrons. The zero-order chi connectivity index (χ0) is 29.1. The first-order valence-corrected chi connectivity index (χ1v) is 13.5. The van der Waals surface area contributed by atoms with Gasteiger partial charge in [0, 0.05) is 40.4 Å². The Morgan fingerprint density at radius 2 is 1.59 bits per heavy atom. The number of rotatable bonds is 7. The molecule has 0 saturated heterocycles. The Morgan fingerprint density at radius 3 is 2.27 bits per heavy atom. The van der Waals surface area contributed by atoms with Crippen molar-refractivity contribution in [2.24, 2.45) is 10.9 Å². The summed E-state index contributed by atoms with van der Waals surface area (Å²) in [5.41, 5.74) is 4.05. The lowest BCUT2D eigenvalue weighted by Crippen LogP contribution is -2.36. The minimum Gasteiger partial charge on any atom is -0.468 e. The lowest BCUT2D eigenvalue weighted by atomic mass is 9.75. The van der Waals surface area contributed by atoms with E-state index in [-0.39, 0.29) is 17.6 Å². The van der Waals surface area contributed by atoms with Crippen molar-refractivity contribution >= 4 is 28.6 Å². The molecule has 2 unspecified atom stereocenters. The van der Waals surface area contributed by atoms with Gasteiger partial charge in [0.2, 0.25) is 0 Å². The van der Waals surface area contributed by atoms with Gasteiger partial charge in [-0.3, -0.25) is 14.6 Å². The molecule has 2 heterocycles. The van der Waals surface area contributed by atoms with E-state index in [1.807, 2.05) is 60.7 Å². The van der Waals surface area contributed by atoms with E-state index in [2.05, 4.69) is 4.99 Å². The van der Waals surface area contributed by atoms with Crippen LogP contribution in [0.15, 0.2) is 104 Å². The summed E-state index contributed by atoms with van der Waals surface area (Å²) in [5.74, 6) is -2.46. The second-order valence-corrected chi connectivity index (χ2v) is 10.1. The van der Waals surface area contributed by atoms with E-state index in [1.165, 1.54) is 7.11 Å². The minimum atomic E-state index is -0.919. The fraction of sp³-hybridized carbons (Fsp3) is 0.235. The number of hydrogen-bond donors (Lipinski definition) is 0. The molecule has 2 atom stereocenters. The Bertz CT molecular complexity index is 1730. The summed E-state index contributed by atoms with van der Waals surface area (Å²) in [6, 6.07) is 24.3. The third kappa shape index (κ3) is 5.35. The number of methoxy groups -OCH3 is 1. The number of hydrogen-bond acceptors (Lipinski definition) is 7. The molecule has 7 nitrogen and oxygen atoms in total. The molecule has 0 spiro atoms. The first kappa shape index (κ1) is 27.8. The zero-order valence-corrected chi connectivity index (χ0v) is 23.5. The summed E-state index contributed by atoms with van der Waals surface area (Å²) < 4.78 is 17.4. The second-order valence-electron chi connectivity index (χ2n) is 10.1. The monoisotopic (exact) mass is 549 g/mol. The molecule has 5 rings (SSSR count). The highest BCUT2D eigenvalue weighted by Crippen LogP contribution is 2.43. The fourth-order valence-electron chi connectivity index (χ4n) is 5.50. The first-order valence-electron chi connectivity index (χ1n) is 13.5. The summed E-state index contributed by atoms with van der Waals surface area (Å²) in [6.07, 6.45) is 0.537. The number of allylic oxidation sites excluding steroid dienone is 1. The van der Waals surface area contributed by atoms with Crippen LogP contribution in [0, 0.1) is 12.8 Å². The van der Waals surface area contributed by atoms with Crippen LogP contribution in [-0.4, -0.2) is 31.4 Å². The number of carbonyl (C=O) groups is 2. The third-order valence-corrected chi connectivity index (χ3v) is 7.52. The highest BCUT2D eigenvalue weighted by Gasteiger charge is 2.43. The molecule has 1 aliphatic heterocycles. The number of carbonyl (C=O) groups excluding carboxylic acids is 2. The van der Waals surface area contributed by atoms with Crippen molar-refractivity contribution in [3.63, 3.8) is 0 Å². The third-order valence-electron chi connectivity index (χ3n) is 7.52. The minimum absolute atomic E-state index is 0.153. The van der Waals surface area contributed by atoms with Crippen molar-refractivity contribution < 1.29 is 23.5 Å². The molecule has 0 fully saturated rings. The molecule has 0 amide bonds. The molecule has 0 saturated carbocycles. The van der Waals surface area contributed by atoms with Crippen molar-refractivity contribution in [3.05, 3.63) is 117 Å². The molecule has 4 aromatic rings. The molecule has 208 valence electrons. The molecule has 3 aromatic carbocycles. The Morgan fingerprint density at radius 1 is 0.902 bits per heavy atom. The molecule has 1 aliphatic rings. The molecule has 7 heteroatoms. The Balaban J connectivity index is 1.66. The Labute approximate surface area is 238 Å². The molecule has 41 heavy (non-hydrogen) atoms. The summed E-state index contributed by atoms with van der Waals surface area (Å²) in [4.78, 5) is 45.0. The zero-order valence-electron chi connectivity index (χ0n) is 23.5. The van der Waals surface area contributed by atoms with Gasteiger partial charge in [-0.1, -0.05) is 72.8 Å². The maximum atomic E-state index is 13.7. The highest BCUT2D eigenvalue weighted by molar-refractivity contribution is 6.07. The van der Waals surface area contributed by atoms with E-state index in [9.17, 15) is 14.4 Å². The number of ether oxygens (including phenoxy) is 2. The quantitative estimate of drug-likeness (QED) is 0.256. The number of benzene rings is 3. The smallest absolute Gasteiger partial charge is 0.336 e. The molecule has 0 bridgehead atoms. The van der Waals surface area contributed by atoms with Gasteiger partial charge >= 0.3 is 11.9 Å². The van der Waals surface area contributed by atoms with Crippen LogP contribution in [0.4, 0.5) is 0 Å². The van der Waals surface area contributed by atoms with Gasteiger partial charge in [0.25, 0.3) is 0 Å². The van der Waals surface area contributed by atoms with E-state index < -0.39 is 23.8 Å². The Hall–Kier alpha value is -4.78. The predicted molar refractivity (Wildman–Crippen MR) is 158 cm³/mol. The van der Waals surface area contributed by atoms with Crippen molar-refractivity contribution in [1.29, 1.82) is 0 Å². The van der Waals surface area contributed by atoms with E-state index >= 15 is 0 Å². The average Bonchev–Trinajstić information content (AvgIpc) is 2.99. The summed E-state index contributed by atoms with van der Waals surface area (Å²) in [6.45, 7) is 5.34. The molecular formula is C34H31NO6. The molecule has 1 aromatic heterocycles. The SMILES string of the molecule is COC(=O)C1C(C)=NC(C)=C(C(=O)OCCc2ccccc2)C1c1cccc2c(=O)c(C)c(-c3ccccc3)oc12. The van der Waals surface area contributed by atoms with E-state index in [0.717, 1.165) is 11.1 Å². The van der Waals surface area contributed by atoms with Crippen LogP contribution in [0.3, 0.4) is 0 Å². The number of esters is 2. The Kier molecular flexibility index (Phi) is 7.97. The maximum absolute atomic E-state index is 13.7. The number of nitrogens with zero attached hydrogens (tertiary/aromatic N) is 1. The second kappa shape index (κ2) is 11.8. The van der Waals surface area contributed by atoms with Gasteiger partial charge in [-0.15, -0.1) is 0 Å². The van der Waals surface area contributed by atoms with Crippen molar-refractivity contribution in [2.75, 3.05) is 13.7 Å². The van der Waals surface area contributed by atoms with Crippen LogP contribution in [0.5, 0.6) is 0 Å². The lowest BCUT2D eigenvalue weighted by Gasteiger charge is -2.31. The first-order chi connectivity index (χ1) is 19.8. The van der Waals surface area contributed by atoms with Crippen molar-refractivity contribution in [3.8, 4) is 11.3 Å². The van der Waals surface area contributed by atoms with E-state index in [1.54, 1.807) is 39.0 Å². The van der Waals surface area contributed by atoms with Gasteiger partial charge in [0.05, 0.1) is 24.7 Å². The molecule has 0 aliphatic carbocycles. The average molecular weight is 550 g/mol. The number of para-hydroxylation sites is 1. The highest BCUT2D eigenvalue weighted by atomic mass is 16.5. The van der Waals surface area contributed by atoms with Crippen LogP contribution < -0.4 is 5.43 Å². The standard InChI is InChI=1S/C34H31NO6/c1-20-30(36)26-17-11-16-25(32(26)41-31(20)24-14-9-6-10-15-24)29-27(33(37)39-4)21(2)35-22(3)28(29)34(38)40-19-18-23-12-7-5-8-13-23/h5-17,27,29H,18-19H2,1-4H3. The number of aliphatic imine (C=N–C) groups is 1. The van der Waals surface area contributed by atoms with Crippen LogP contribution in [0.2, 0.25) is 0 Å². The van der Waals surface area contributed by atoms with E-state index in [4.69, 9.17) is 13.9 Å². The van der Waals surface area contributed by atoms with Gasteiger partial charge in [0.15, 0.2) is 5.43 Å². The number of fused-ring (bicyclic) bond motifs is 1. The van der Waals surface area contributed by atoms with Crippen LogP contribution in [-0.2, 0) is 25.5 Å². The van der Waals surface area contributed by atoms with Gasteiger partial charge in [-0.2, -0.15) is 0 Å². The van der Waals surface area contributed by atoms with Gasteiger partial charge in [-0.05, 0) is 32.4 Å².